The second kappa shape index (κ2) is 5.84. The third kappa shape index (κ3) is 2.40. The first-order valence-corrected chi connectivity index (χ1v) is 8.58. The molecule has 0 saturated carbocycles. The summed E-state index contributed by atoms with van der Waals surface area (Å²) in [5.74, 6) is 0.498. The molecule has 0 fully saturated rings. The van der Waals surface area contributed by atoms with Gasteiger partial charge >= 0.3 is 0 Å². The molecule has 0 spiro atoms. The van der Waals surface area contributed by atoms with Gasteiger partial charge in [0.05, 0.1) is 11.4 Å². The predicted octanol–water partition coefficient (Wildman–Crippen LogP) is 4.44. The van der Waals surface area contributed by atoms with Crippen LogP contribution < -0.4 is 0 Å². The van der Waals surface area contributed by atoms with Gasteiger partial charge in [-0.3, -0.25) is 4.57 Å². The van der Waals surface area contributed by atoms with Crippen LogP contribution in [0.4, 0.5) is 0 Å². The fourth-order valence-electron chi connectivity index (χ4n) is 2.96. The second-order valence-electron chi connectivity index (χ2n) is 5.59. The topological polar surface area (TPSA) is 50.4 Å². The number of aliphatic imine (C=N–C) groups is 1. The molecule has 0 saturated heterocycles. The average Bonchev–Trinajstić information content (AvgIpc) is 2.89. The van der Waals surface area contributed by atoms with Gasteiger partial charge in [-0.05, 0) is 31.2 Å². The summed E-state index contributed by atoms with van der Waals surface area (Å²) in [6, 6.07) is 13.4. The lowest BCUT2D eigenvalue weighted by atomic mass is 10.0. The Bertz CT molecular complexity index is 980. The Morgan fingerprint density at radius 3 is 2.75 bits per heavy atom. The number of aliphatic hydroxyl groups excluding tert-OH is 1. The molecule has 1 unspecified atom stereocenters. The van der Waals surface area contributed by atoms with Crippen LogP contribution in [0.5, 0.6) is 0 Å². The molecule has 1 aromatic heterocycles. The lowest BCUT2D eigenvalue weighted by Crippen LogP contribution is -2.08. The van der Waals surface area contributed by atoms with E-state index in [2.05, 4.69) is 25.9 Å². The number of hydrogen-bond donors (Lipinski definition) is 1. The van der Waals surface area contributed by atoms with Crippen molar-refractivity contribution in [3.8, 4) is 5.69 Å². The summed E-state index contributed by atoms with van der Waals surface area (Å²) >= 11 is 9.91. The van der Waals surface area contributed by atoms with Gasteiger partial charge in [0.15, 0.2) is 5.82 Å². The Labute approximate surface area is 152 Å². The highest BCUT2D eigenvalue weighted by atomic mass is 79.9. The van der Waals surface area contributed by atoms with Crippen LogP contribution in [0.2, 0.25) is 5.02 Å². The number of hydrogen-bond acceptors (Lipinski definition) is 3. The molecule has 0 radical (unpaired) electrons. The minimum absolute atomic E-state index is 0.498. The minimum atomic E-state index is -1.06. The smallest absolute Gasteiger partial charge is 0.205 e. The molecule has 1 aliphatic rings. The third-order valence-electron chi connectivity index (χ3n) is 4.03. The van der Waals surface area contributed by atoms with Crippen LogP contribution in [0, 0.1) is 6.92 Å². The van der Waals surface area contributed by atoms with Crippen molar-refractivity contribution < 1.29 is 5.11 Å². The van der Waals surface area contributed by atoms with E-state index in [1.165, 1.54) is 0 Å². The maximum atomic E-state index is 10.6. The number of aromatic nitrogens is 2. The fourth-order valence-corrected chi connectivity index (χ4v) is 3.55. The lowest BCUT2D eigenvalue weighted by molar-refractivity contribution is 0.177. The monoisotopic (exact) mass is 401 g/mol. The second-order valence-corrected chi connectivity index (χ2v) is 6.91. The summed E-state index contributed by atoms with van der Waals surface area (Å²) in [7, 11) is 0. The van der Waals surface area contributed by atoms with Crippen molar-refractivity contribution in [1.82, 2.24) is 9.55 Å². The van der Waals surface area contributed by atoms with Crippen molar-refractivity contribution in [3.63, 3.8) is 0 Å². The van der Waals surface area contributed by atoms with Crippen LogP contribution in [-0.2, 0) is 0 Å². The van der Waals surface area contributed by atoms with Crippen molar-refractivity contribution in [2.45, 2.75) is 13.2 Å². The number of benzene rings is 2. The summed E-state index contributed by atoms with van der Waals surface area (Å²) in [5.41, 5.74) is 4.16. The van der Waals surface area contributed by atoms with Gasteiger partial charge in [0.25, 0.3) is 0 Å². The Morgan fingerprint density at radius 1 is 1.17 bits per heavy atom. The maximum Gasteiger partial charge on any atom is 0.205 e. The first kappa shape index (κ1) is 15.6. The molecular weight excluding hydrogens is 390 g/mol. The minimum Gasteiger partial charge on any atom is -0.365 e. The van der Waals surface area contributed by atoms with Gasteiger partial charge in [-0.15, -0.1) is 0 Å². The standard InChI is InChI=1S/C18H13BrClN3O/c1-10-9-21-17-18(24)22-16(12-4-2-3-5-14(12)20)13-8-11(19)6-7-15(13)23(10)17/h2-9,18,24H,1H3. The third-order valence-corrected chi connectivity index (χ3v) is 4.85. The summed E-state index contributed by atoms with van der Waals surface area (Å²) in [4.78, 5) is 8.86. The van der Waals surface area contributed by atoms with Crippen molar-refractivity contribution in [1.29, 1.82) is 0 Å². The van der Waals surface area contributed by atoms with Crippen LogP contribution in [0.25, 0.3) is 5.69 Å². The van der Waals surface area contributed by atoms with E-state index in [1.54, 1.807) is 6.20 Å². The Morgan fingerprint density at radius 2 is 1.96 bits per heavy atom. The number of aryl methyl sites for hydroxylation is 1. The Hall–Kier alpha value is -1.95. The molecule has 1 aliphatic heterocycles. The molecular formula is C18H13BrClN3O. The van der Waals surface area contributed by atoms with Gasteiger partial charge in [-0.1, -0.05) is 45.7 Å². The number of rotatable bonds is 1. The van der Waals surface area contributed by atoms with Crippen LogP contribution in [0.1, 0.15) is 28.9 Å². The van der Waals surface area contributed by atoms with Crippen LogP contribution in [-0.4, -0.2) is 20.4 Å². The van der Waals surface area contributed by atoms with E-state index in [0.717, 1.165) is 27.0 Å². The lowest BCUT2D eigenvalue weighted by Gasteiger charge is -2.14. The van der Waals surface area contributed by atoms with Crippen LogP contribution in [0.15, 0.2) is 58.1 Å². The summed E-state index contributed by atoms with van der Waals surface area (Å²) in [5, 5.41) is 11.2. The molecule has 1 N–H and O–H groups in total. The normalized spacial score (nSPS) is 16.2. The van der Waals surface area contributed by atoms with E-state index >= 15 is 0 Å². The molecule has 24 heavy (non-hydrogen) atoms. The van der Waals surface area contributed by atoms with Crippen LogP contribution in [0.3, 0.4) is 0 Å². The van der Waals surface area contributed by atoms with Gasteiger partial charge in [-0.2, -0.15) is 0 Å². The van der Waals surface area contributed by atoms with E-state index in [4.69, 9.17) is 11.6 Å². The zero-order valence-electron chi connectivity index (χ0n) is 12.7. The van der Waals surface area contributed by atoms with Crippen molar-refractivity contribution in [2.75, 3.05) is 0 Å². The van der Waals surface area contributed by atoms with Crippen molar-refractivity contribution >= 4 is 33.2 Å². The number of fused-ring (bicyclic) bond motifs is 3. The summed E-state index contributed by atoms with van der Waals surface area (Å²) in [6.45, 7) is 1.95. The van der Waals surface area contributed by atoms with Gasteiger partial charge in [0.2, 0.25) is 6.23 Å². The van der Waals surface area contributed by atoms with Gasteiger partial charge in [0, 0.05) is 32.5 Å². The van der Waals surface area contributed by atoms with E-state index in [1.807, 2.05) is 54.0 Å². The molecule has 120 valence electrons. The van der Waals surface area contributed by atoms with E-state index in [0.29, 0.717) is 16.6 Å². The molecule has 3 aromatic rings. The maximum absolute atomic E-state index is 10.6. The average molecular weight is 403 g/mol. The molecule has 4 nitrogen and oxygen atoms in total. The summed E-state index contributed by atoms with van der Waals surface area (Å²) in [6.07, 6.45) is 0.677. The molecule has 0 aliphatic carbocycles. The number of aliphatic hydroxyl groups is 1. The first-order chi connectivity index (χ1) is 11.6. The Balaban J connectivity index is 2.07. The van der Waals surface area contributed by atoms with E-state index in [-0.39, 0.29) is 0 Å². The molecule has 1 atom stereocenters. The molecule has 0 bridgehead atoms. The molecule has 2 aromatic carbocycles. The molecule has 6 heteroatoms. The fraction of sp³-hybridized carbons (Fsp3) is 0.111. The predicted molar refractivity (Wildman–Crippen MR) is 98.1 cm³/mol. The highest BCUT2D eigenvalue weighted by Gasteiger charge is 2.26. The van der Waals surface area contributed by atoms with Gasteiger partial charge < -0.3 is 5.11 Å². The highest BCUT2D eigenvalue weighted by Crippen LogP contribution is 2.33. The highest BCUT2D eigenvalue weighted by molar-refractivity contribution is 9.10. The van der Waals surface area contributed by atoms with E-state index < -0.39 is 6.23 Å². The first-order valence-electron chi connectivity index (χ1n) is 7.41. The summed E-state index contributed by atoms with van der Waals surface area (Å²) < 4.78 is 2.86. The van der Waals surface area contributed by atoms with Crippen molar-refractivity contribution in [3.05, 3.63) is 80.8 Å². The zero-order chi connectivity index (χ0) is 16.8. The quantitative estimate of drug-likeness (QED) is 0.654. The molecule has 0 amide bonds. The van der Waals surface area contributed by atoms with Gasteiger partial charge in [0.1, 0.15) is 0 Å². The molecule has 4 rings (SSSR count). The zero-order valence-corrected chi connectivity index (χ0v) is 15.1. The van der Waals surface area contributed by atoms with Crippen molar-refractivity contribution in [2.24, 2.45) is 4.99 Å². The van der Waals surface area contributed by atoms with Crippen LogP contribution >= 0.6 is 27.5 Å². The molecule has 2 heterocycles. The number of nitrogens with zero attached hydrogens (tertiary/aromatic N) is 3. The SMILES string of the molecule is Cc1cnc2n1-c1ccc(Br)cc1C(c1ccccc1Cl)=NC2O. The Kier molecular flexibility index (Phi) is 3.79. The number of imidazole rings is 1. The number of halogens is 2. The van der Waals surface area contributed by atoms with Gasteiger partial charge in [-0.25, -0.2) is 9.98 Å². The van der Waals surface area contributed by atoms with E-state index in [9.17, 15) is 5.11 Å². The largest absolute Gasteiger partial charge is 0.365 e.